The van der Waals surface area contributed by atoms with Crippen LogP contribution in [0.1, 0.15) is 31.2 Å². The minimum Gasteiger partial charge on any atom is -0.496 e. The van der Waals surface area contributed by atoms with E-state index in [1.54, 1.807) is 14.2 Å². The summed E-state index contributed by atoms with van der Waals surface area (Å²) in [4.78, 5) is 14.4. The fraction of sp³-hybridized carbons (Fsp3) is 0.611. The Morgan fingerprint density at radius 3 is 2.96 bits per heavy atom. The first kappa shape index (κ1) is 17.6. The molecule has 2 amide bonds. The molecule has 0 unspecified atom stereocenters. The molecule has 0 radical (unpaired) electrons. The van der Waals surface area contributed by atoms with Crippen LogP contribution in [0.25, 0.3) is 0 Å². The van der Waals surface area contributed by atoms with Crippen LogP contribution in [-0.2, 0) is 4.74 Å². The molecule has 5 heteroatoms. The third kappa shape index (κ3) is 5.13. The normalized spacial score (nSPS) is 17.9. The Hall–Kier alpha value is -1.75. The smallest absolute Gasteiger partial charge is 0.321 e. The second kappa shape index (κ2) is 8.77. The average Bonchev–Trinajstić information content (AvgIpc) is 2.57. The lowest BCUT2D eigenvalue weighted by molar-refractivity contribution is 0.156. The summed E-state index contributed by atoms with van der Waals surface area (Å²) in [5.41, 5.74) is 1.83. The third-order valence-electron chi connectivity index (χ3n) is 4.43. The number of benzene rings is 1. The number of nitrogens with zero attached hydrogens (tertiary/aromatic N) is 1. The van der Waals surface area contributed by atoms with Crippen LogP contribution in [0, 0.1) is 12.8 Å². The maximum absolute atomic E-state index is 12.5. The number of carbonyl (C=O) groups excluding carboxylic acids is 1. The van der Waals surface area contributed by atoms with Gasteiger partial charge in [-0.1, -0.05) is 6.07 Å². The molecule has 1 atom stereocenters. The minimum absolute atomic E-state index is 0.0210. The van der Waals surface area contributed by atoms with Gasteiger partial charge in [-0.25, -0.2) is 4.79 Å². The molecule has 1 aromatic rings. The summed E-state index contributed by atoms with van der Waals surface area (Å²) in [6, 6.07) is 5.72. The number of amides is 2. The lowest BCUT2D eigenvalue weighted by Crippen LogP contribution is -2.42. The molecule has 5 nitrogen and oxygen atoms in total. The van der Waals surface area contributed by atoms with Gasteiger partial charge in [0.2, 0.25) is 0 Å². The van der Waals surface area contributed by atoms with Crippen molar-refractivity contribution in [2.24, 2.45) is 5.92 Å². The monoisotopic (exact) mass is 320 g/mol. The molecular formula is C18H28N2O3. The van der Waals surface area contributed by atoms with E-state index in [1.165, 1.54) is 6.42 Å². The molecule has 128 valence electrons. The van der Waals surface area contributed by atoms with Gasteiger partial charge in [0.25, 0.3) is 0 Å². The number of anilines is 1. The summed E-state index contributed by atoms with van der Waals surface area (Å²) in [5, 5.41) is 2.98. The van der Waals surface area contributed by atoms with Crippen molar-refractivity contribution in [2.45, 2.75) is 32.6 Å². The number of likely N-dealkylation sites (tertiary alicyclic amines) is 1. The van der Waals surface area contributed by atoms with Crippen LogP contribution in [0.15, 0.2) is 18.2 Å². The Bertz CT molecular complexity index is 519. The first-order valence-electron chi connectivity index (χ1n) is 8.33. The molecule has 2 rings (SSSR count). The summed E-state index contributed by atoms with van der Waals surface area (Å²) >= 11 is 0. The highest BCUT2D eigenvalue weighted by Gasteiger charge is 2.23. The second-order valence-corrected chi connectivity index (χ2v) is 6.20. The van der Waals surface area contributed by atoms with Crippen molar-refractivity contribution in [2.75, 3.05) is 39.2 Å². The number of rotatable bonds is 6. The summed E-state index contributed by atoms with van der Waals surface area (Å²) < 4.78 is 10.4. The quantitative estimate of drug-likeness (QED) is 0.814. The van der Waals surface area contributed by atoms with E-state index in [-0.39, 0.29) is 6.03 Å². The molecule has 1 aromatic carbocycles. The zero-order chi connectivity index (χ0) is 16.7. The molecule has 1 saturated heterocycles. The van der Waals surface area contributed by atoms with E-state index in [0.717, 1.165) is 56.0 Å². The molecule has 0 bridgehead atoms. The van der Waals surface area contributed by atoms with Gasteiger partial charge in [-0.15, -0.1) is 0 Å². The van der Waals surface area contributed by atoms with E-state index in [9.17, 15) is 4.79 Å². The number of carbonyl (C=O) groups is 1. The highest BCUT2D eigenvalue weighted by molar-refractivity contribution is 5.89. The number of hydrogen-bond donors (Lipinski definition) is 1. The molecule has 0 aliphatic carbocycles. The topological polar surface area (TPSA) is 50.8 Å². The van der Waals surface area contributed by atoms with Gasteiger partial charge in [-0.3, -0.25) is 0 Å². The van der Waals surface area contributed by atoms with E-state index in [4.69, 9.17) is 9.47 Å². The first-order chi connectivity index (χ1) is 11.1. The molecule has 1 fully saturated rings. The molecule has 1 aliphatic rings. The first-order valence-corrected chi connectivity index (χ1v) is 8.33. The zero-order valence-corrected chi connectivity index (χ0v) is 14.4. The average molecular weight is 320 g/mol. The van der Waals surface area contributed by atoms with Crippen molar-refractivity contribution >= 4 is 11.7 Å². The van der Waals surface area contributed by atoms with Crippen molar-refractivity contribution in [3.8, 4) is 5.75 Å². The van der Waals surface area contributed by atoms with E-state index < -0.39 is 0 Å². The SMILES string of the molecule is COCCC[C@@H]1CCCN(C(=O)Nc2ccc(C)c(OC)c2)C1. The number of hydrogen-bond acceptors (Lipinski definition) is 3. The fourth-order valence-corrected chi connectivity index (χ4v) is 3.10. The van der Waals surface area contributed by atoms with Crippen molar-refractivity contribution in [1.29, 1.82) is 0 Å². The molecule has 1 heterocycles. The highest BCUT2D eigenvalue weighted by Crippen LogP contribution is 2.24. The van der Waals surface area contributed by atoms with Gasteiger partial charge in [0, 0.05) is 38.6 Å². The fourth-order valence-electron chi connectivity index (χ4n) is 3.10. The Morgan fingerprint density at radius 1 is 1.39 bits per heavy atom. The van der Waals surface area contributed by atoms with Crippen LogP contribution in [0.4, 0.5) is 10.5 Å². The number of piperidine rings is 1. The van der Waals surface area contributed by atoms with Crippen LogP contribution >= 0.6 is 0 Å². The number of ether oxygens (including phenoxy) is 2. The van der Waals surface area contributed by atoms with Gasteiger partial charge in [-0.05, 0) is 50.2 Å². The van der Waals surface area contributed by atoms with Crippen molar-refractivity contribution in [3.05, 3.63) is 23.8 Å². The van der Waals surface area contributed by atoms with E-state index in [0.29, 0.717) is 5.92 Å². The van der Waals surface area contributed by atoms with Crippen LogP contribution in [-0.4, -0.2) is 44.8 Å². The van der Waals surface area contributed by atoms with Crippen LogP contribution in [0.2, 0.25) is 0 Å². The maximum atomic E-state index is 12.5. The number of urea groups is 1. The Morgan fingerprint density at radius 2 is 2.22 bits per heavy atom. The van der Waals surface area contributed by atoms with E-state index in [2.05, 4.69) is 5.32 Å². The lowest BCUT2D eigenvalue weighted by atomic mass is 9.94. The number of methoxy groups -OCH3 is 2. The number of aryl methyl sites for hydroxylation is 1. The van der Waals surface area contributed by atoms with Gasteiger partial charge in [0.15, 0.2) is 0 Å². The zero-order valence-electron chi connectivity index (χ0n) is 14.4. The van der Waals surface area contributed by atoms with Crippen molar-refractivity contribution in [1.82, 2.24) is 4.90 Å². The molecule has 0 saturated carbocycles. The minimum atomic E-state index is -0.0210. The Balaban J connectivity index is 1.89. The summed E-state index contributed by atoms with van der Waals surface area (Å²) in [6.07, 6.45) is 4.45. The largest absolute Gasteiger partial charge is 0.496 e. The van der Waals surface area contributed by atoms with E-state index >= 15 is 0 Å². The van der Waals surface area contributed by atoms with Crippen LogP contribution in [0.5, 0.6) is 5.75 Å². The van der Waals surface area contributed by atoms with Crippen molar-refractivity contribution < 1.29 is 14.3 Å². The summed E-state index contributed by atoms with van der Waals surface area (Å²) in [6.45, 7) is 4.44. The molecule has 23 heavy (non-hydrogen) atoms. The molecule has 1 N–H and O–H groups in total. The predicted molar refractivity (Wildman–Crippen MR) is 92.2 cm³/mol. The molecule has 0 spiro atoms. The predicted octanol–water partition coefficient (Wildman–Crippen LogP) is 3.67. The van der Waals surface area contributed by atoms with Crippen molar-refractivity contribution in [3.63, 3.8) is 0 Å². The van der Waals surface area contributed by atoms with Gasteiger partial charge in [-0.2, -0.15) is 0 Å². The lowest BCUT2D eigenvalue weighted by Gasteiger charge is -2.32. The summed E-state index contributed by atoms with van der Waals surface area (Å²) in [7, 11) is 3.37. The Labute approximate surface area is 139 Å². The standard InChI is InChI=1S/C18H28N2O3/c1-14-8-9-16(12-17(14)23-3)19-18(21)20-10-4-6-15(13-20)7-5-11-22-2/h8-9,12,15H,4-7,10-11,13H2,1-3H3,(H,19,21)/t15-/m0/s1. The number of nitrogens with one attached hydrogen (secondary N) is 1. The van der Waals surface area contributed by atoms with Gasteiger partial charge in [0.1, 0.15) is 5.75 Å². The molecule has 1 aliphatic heterocycles. The van der Waals surface area contributed by atoms with Crippen LogP contribution < -0.4 is 10.1 Å². The second-order valence-electron chi connectivity index (χ2n) is 6.20. The molecular weight excluding hydrogens is 292 g/mol. The van der Waals surface area contributed by atoms with Gasteiger partial charge in [0.05, 0.1) is 7.11 Å². The Kier molecular flexibility index (Phi) is 6.71. The third-order valence-corrected chi connectivity index (χ3v) is 4.43. The highest BCUT2D eigenvalue weighted by atomic mass is 16.5. The van der Waals surface area contributed by atoms with Crippen LogP contribution in [0.3, 0.4) is 0 Å². The molecule has 0 aromatic heterocycles. The van der Waals surface area contributed by atoms with Gasteiger partial charge >= 0.3 is 6.03 Å². The summed E-state index contributed by atoms with van der Waals surface area (Å²) in [5.74, 6) is 1.37. The van der Waals surface area contributed by atoms with E-state index in [1.807, 2.05) is 30.0 Å². The maximum Gasteiger partial charge on any atom is 0.321 e. The van der Waals surface area contributed by atoms with Gasteiger partial charge < -0.3 is 19.7 Å².